The summed E-state index contributed by atoms with van der Waals surface area (Å²) in [7, 11) is 1.95. The summed E-state index contributed by atoms with van der Waals surface area (Å²) in [5, 5.41) is 5.45. The topological polar surface area (TPSA) is 44.6 Å². The van der Waals surface area contributed by atoms with Crippen LogP contribution < -0.4 is 14.8 Å². The van der Waals surface area contributed by atoms with Gasteiger partial charge in [0.2, 0.25) is 4.77 Å². The first-order valence-electron chi connectivity index (χ1n) is 9.07. The number of halogens is 1. The van der Waals surface area contributed by atoms with E-state index in [4.69, 9.17) is 28.9 Å². The van der Waals surface area contributed by atoms with Crippen molar-refractivity contribution >= 4 is 29.5 Å². The van der Waals surface area contributed by atoms with E-state index in [1.807, 2.05) is 53.0 Å². The molecule has 0 saturated carbocycles. The Balaban J connectivity index is 1.47. The van der Waals surface area contributed by atoms with Crippen LogP contribution in [0.3, 0.4) is 0 Å². The van der Waals surface area contributed by atoms with Crippen LogP contribution in [0.2, 0.25) is 5.02 Å². The van der Waals surface area contributed by atoms with Crippen LogP contribution in [-0.2, 0) is 13.7 Å². The summed E-state index contributed by atoms with van der Waals surface area (Å²) in [6, 6.07) is 12.0. The van der Waals surface area contributed by atoms with E-state index >= 15 is 0 Å². The van der Waals surface area contributed by atoms with E-state index in [9.17, 15) is 0 Å². The molecule has 2 aromatic heterocycles. The van der Waals surface area contributed by atoms with Gasteiger partial charge in [-0.1, -0.05) is 23.7 Å². The number of nitrogens with one attached hydrogen (secondary N) is 2. The summed E-state index contributed by atoms with van der Waals surface area (Å²) >= 11 is 12.0. The number of benzene rings is 1. The number of nitrogens with zero attached hydrogens (tertiary/aromatic N) is 4. The van der Waals surface area contributed by atoms with Crippen molar-refractivity contribution < 1.29 is 9.88 Å². The van der Waals surface area contributed by atoms with Gasteiger partial charge in [-0.3, -0.25) is 0 Å². The van der Waals surface area contributed by atoms with Crippen LogP contribution in [0.4, 0.5) is 5.69 Å². The highest BCUT2D eigenvalue weighted by atomic mass is 35.5. The second-order valence-electron chi connectivity index (χ2n) is 6.80. The maximum atomic E-state index is 6.35. The van der Waals surface area contributed by atoms with Crippen molar-refractivity contribution in [3.05, 3.63) is 58.6 Å². The average molecular weight is 403 g/mol. The minimum absolute atomic E-state index is 0.689. The molecule has 0 atom stereocenters. The number of hydrogen-bond acceptors (Lipinski definition) is 3. The Bertz CT molecular complexity index is 975. The first kappa shape index (κ1) is 18.2. The normalized spacial score (nSPS) is 15.3. The zero-order valence-corrected chi connectivity index (χ0v) is 16.8. The standard InChI is InChI=1S/C19H21ClN6S/c1-23-18(16-4-2-3-5-17(16)20)22-26(19(23)27)14-24-10-12-25(13-11-24)15-6-8-21-9-7-15/h2-9H,10-14H2,1H3/p+2. The smallest absolute Gasteiger partial charge is 0.202 e. The third-order valence-corrected chi connectivity index (χ3v) is 5.88. The van der Waals surface area contributed by atoms with Crippen molar-refractivity contribution in [3.8, 4) is 11.4 Å². The highest BCUT2D eigenvalue weighted by molar-refractivity contribution is 7.71. The lowest BCUT2D eigenvalue weighted by atomic mass is 10.2. The third kappa shape index (κ3) is 3.76. The second kappa shape index (κ2) is 7.80. The molecule has 2 N–H and O–H groups in total. The van der Waals surface area contributed by atoms with Gasteiger partial charge < -0.3 is 14.4 Å². The lowest BCUT2D eigenvalue weighted by Gasteiger charge is -2.33. The minimum atomic E-state index is 0.689. The molecular weight excluding hydrogens is 380 g/mol. The molecule has 6 nitrogen and oxygen atoms in total. The molecule has 4 rings (SSSR count). The number of H-pyrrole nitrogens is 1. The van der Waals surface area contributed by atoms with Crippen LogP contribution in [0, 0.1) is 4.77 Å². The number of piperazine rings is 1. The molecule has 0 radical (unpaired) electrons. The van der Waals surface area contributed by atoms with E-state index in [-0.39, 0.29) is 0 Å². The van der Waals surface area contributed by atoms with Gasteiger partial charge in [-0.05, 0) is 24.4 Å². The highest BCUT2D eigenvalue weighted by Crippen LogP contribution is 2.25. The zero-order valence-electron chi connectivity index (χ0n) is 15.2. The maximum Gasteiger partial charge on any atom is 0.202 e. The molecule has 27 heavy (non-hydrogen) atoms. The van der Waals surface area contributed by atoms with E-state index in [1.54, 1.807) is 0 Å². The molecular formula is C19H23ClN6S+2. The van der Waals surface area contributed by atoms with Crippen molar-refractivity contribution in [2.45, 2.75) is 6.67 Å². The highest BCUT2D eigenvalue weighted by Gasteiger charge is 2.22. The number of anilines is 1. The Kier molecular flexibility index (Phi) is 5.24. The number of pyridine rings is 1. The van der Waals surface area contributed by atoms with Gasteiger partial charge in [0.1, 0.15) is 0 Å². The molecule has 3 aromatic rings. The largest absolute Gasteiger partial charge is 0.360 e. The molecule has 0 spiro atoms. The van der Waals surface area contributed by atoms with Crippen LogP contribution in [0.25, 0.3) is 11.4 Å². The Morgan fingerprint density at radius 2 is 1.85 bits per heavy atom. The van der Waals surface area contributed by atoms with Gasteiger partial charge in [-0.2, -0.15) is 4.68 Å². The Hall–Kier alpha value is -2.22. The quantitative estimate of drug-likeness (QED) is 0.672. The zero-order chi connectivity index (χ0) is 18.8. The summed E-state index contributed by atoms with van der Waals surface area (Å²) in [4.78, 5) is 6.98. The van der Waals surface area contributed by atoms with Crippen molar-refractivity contribution in [3.63, 3.8) is 0 Å². The van der Waals surface area contributed by atoms with Crippen molar-refractivity contribution in [1.29, 1.82) is 0 Å². The Morgan fingerprint density at radius 1 is 1.15 bits per heavy atom. The molecule has 1 aromatic carbocycles. The second-order valence-corrected chi connectivity index (χ2v) is 7.57. The summed E-state index contributed by atoms with van der Waals surface area (Å²) in [6.07, 6.45) is 3.94. The van der Waals surface area contributed by atoms with E-state index in [1.165, 1.54) is 10.6 Å². The Morgan fingerprint density at radius 3 is 2.56 bits per heavy atom. The van der Waals surface area contributed by atoms with E-state index < -0.39 is 0 Å². The van der Waals surface area contributed by atoms with Crippen LogP contribution in [0.5, 0.6) is 0 Å². The molecule has 1 aliphatic heterocycles. The number of quaternary nitrogens is 1. The SMILES string of the molecule is Cn1c(-c2ccccc2Cl)nn(C[NH+]2CCN(c3cc[nH+]cc3)CC2)c1=S. The fourth-order valence-electron chi connectivity index (χ4n) is 3.51. The number of aromatic nitrogens is 4. The molecule has 8 heteroatoms. The van der Waals surface area contributed by atoms with Gasteiger partial charge in [-0.25, -0.2) is 4.98 Å². The average Bonchev–Trinajstić information content (AvgIpc) is 2.98. The molecule has 0 aliphatic carbocycles. The van der Waals surface area contributed by atoms with E-state index in [0.29, 0.717) is 5.02 Å². The first-order chi connectivity index (χ1) is 13.1. The predicted octanol–water partition coefficient (Wildman–Crippen LogP) is 1.45. The summed E-state index contributed by atoms with van der Waals surface area (Å²) in [6.45, 7) is 4.93. The summed E-state index contributed by atoms with van der Waals surface area (Å²) < 4.78 is 4.59. The Labute approximate surface area is 168 Å². The van der Waals surface area contributed by atoms with Gasteiger partial charge in [0.05, 0.1) is 31.2 Å². The lowest BCUT2D eigenvalue weighted by molar-refractivity contribution is -0.924. The third-order valence-electron chi connectivity index (χ3n) is 5.07. The van der Waals surface area contributed by atoms with Crippen molar-refractivity contribution in [2.75, 3.05) is 31.1 Å². The van der Waals surface area contributed by atoms with Gasteiger partial charge in [0.25, 0.3) is 0 Å². The van der Waals surface area contributed by atoms with Crippen LogP contribution in [0.15, 0.2) is 48.8 Å². The van der Waals surface area contributed by atoms with Gasteiger partial charge in [-0.15, -0.1) is 5.10 Å². The van der Waals surface area contributed by atoms with Crippen LogP contribution >= 0.6 is 23.8 Å². The van der Waals surface area contributed by atoms with Crippen molar-refractivity contribution in [1.82, 2.24) is 14.3 Å². The monoisotopic (exact) mass is 402 g/mol. The molecule has 0 unspecified atom stereocenters. The molecule has 3 heterocycles. The summed E-state index contributed by atoms with van der Waals surface area (Å²) in [5.74, 6) is 0.809. The maximum absolute atomic E-state index is 6.35. The van der Waals surface area contributed by atoms with Crippen LogP contribution in [-0.4, -0.2) is 40.5 Å². The van der Waals surface area contributed by atoms with Gasteiger partial charge >= 0.3 is 0 Å². The van der Waals surface area contributed by atoms with Crippen molar-refractivity contribution in [2.24, 2.45) is 7.05 Å². The molecule has 1 aliphatic rings. The molecule has 1 saturated heterocycles. The lowest BCUT2D eigenvalue weighted by Crippen LogP contribution is -3.14. The molecule has 0 bridgehead atoms. The molecule has 0 amide bonds. The summed E-state index contributed by atoms with van der Waals surface area (Å²) in [5.41, 5.74) is 2.18. The van der Waals surface area contributed by atoms with Gasteiger partial charge in [0.15, 0.2) is 24.9 Å². The number of rotatable bonds is 4. The number of hydrogen-bond donors (Lipinski definition) is 1. The van der Waals surface area contributed by atoms with Crippen LogP contribution in [0.1, 0.15) is 0 Å². The number of aromatic amines is 1. The van der Waals surface area contributed by atoms with E-state index in [0.717, 1.165) is 49.0 Å². The predicted molar refractivity (Wildman–Crippen MR) is 108 cm³/mol. The first-order valence-corrected chi connectivity index (χ1v) is 9.85. The van der Waals surface area contributed by atoms with Gasteiger partial charge in [0, 0.05) is 30.4 Å². The van der Waals surface area contributed by atoms with E-state index in [2.05, 4.69) is 22.0 Å². The molecule has 1 fully saturated rings. The fraction of sp³-hybridized carbons (Fsp3) is 0.316. The minimum Gasteiger partial charge on any atom is -0.360 e. The molecule has 140 valence electrons. The fourth-order valence-corrected chi connectivity index (χ4v) is 3.92.